The quantitative estimate of drug-likeness (QED) is 0.745. The predicted molar refractivity (Wildman–Crippen MR) is 90.9 cm³/mol. The minimum Gasteiger partial charge on any atom is -0.489 e. The van der Waals surface area contributed by atoms with E-state index in [-0.39, 0.29) is 24.8 Å². The predicted octanol–water partition coefficient (Wildman–Crippen LogP) is 2.96. The average molecular weight is 341 g/mol. The van der Waals surface area contributed by atoms with Crippen LogP contribution in [0.1, 0.15) is 32.6 Å². The molecule has 23 heavy (non-hydrogen) atoms. The van der Waals surface area contributed by atoms with Gasteiger partial charge in [-0.05, 0) is 56.7 Å². The third kappa shape index (κ3) is 6.28. The maximum atomic E-state index is 11.9. The molecule has 128 valence electrons. The second-order valence-corrected chi connectivity index (χ2v) is 6.58. The molecule has 3 N–H and O–H groups in total. The van der Waals surface area contributed by atoms with E-state index in [1.54, 1.807) is 12.1 Å². The van der Waals surface area contributed by atoms with E-state index in [1.807, 2.05) is 19.1 Å². The number of hydrogen-bond acceptors (Lipinski definition) is 3. The van der Waals surface area contributed by atoms with Gasteiger partial charge in [-0.15, -0.1) is 0 Å². The Morgan fingerprint density at radius 2 is 2.13 bits per heavy atom. The highest BCUT2D eigenvalue weighted by Crippen LogP contribution is 2.23. The van der Waals surface area contributed by atoms with Crippen LogP contribution in [0.2, 0.25) is 5.02 Å². The Morgan fingerprint density at radius 3 is 2.78 bits per heavy atom. The monoisotopic (exact) mass is 340 g/mol. The van der Waals surface area contributed by atoms with Crippen molar-refractivity contribution in [2.75, 3.05) is 13.2 Å². The zero-order valence-corrected chi connectivity index (χ0v) is 14.2. The number of aliphatic hydroxyl groups is 1. The third-order valence-electron chi connectivity index (χ3n) is 4.12. The molecule has 0 aromatic heterocycles. The molecule has 0 spiro atoms. The molecule has 0 aliphatic heterocycles. The number of nitrogens with one attached hydrogen (secondary N) is 2. The lowest BCUT2D eigenvalue weighted by Gasteiger charge is -2.28. The molecule has 0 bridgehead atoms. The van der Waals surface area contributed by atoms with Gasteiger partial charge in [0.05, 0.1) is 6.54 Å². The lowest BCUT2D eigenvalue weighted by Crippen LogP contribution is -2.46. The van der Waals surface area contributed by atoms with Crippen molar-refractivity contribution in [3.05, 3.63) is 29.3 Å². The van der Waals surface area contributed by atoms with E-state index in [9.17, 15) is 4.79 Å². The molecule has 1 unspecified atom stereocenters. The number of urea groups is 1. The Hall–Kier alpha value is -1.46. The Morgan fingerprint density at radius 1 is 1.39 bits per heavy atom. The molecule has 1 aliphatic rings. The summed E-state index contributed by atoms with van der Waals surface area (Å²) in [4.78, 5) is 11.9. The Bertz CT molecular complexity index is 504. The Kier molecular flexibility index (Phi) is 6.99. The zero-order valence-electron chi connectivity index (χ0n) is 13.4. The van der Waals surface area contributed by atoms with Crippen LogP contribution in [0.25, 0.3) is 0 Å². The summed E-state index contributed by atoms with van der Waals surface area (Å²) in [5, 5.41) is 15.6. The van der Waals surface area contributed by atoms with E-state index in [2.05, 4.69) is 10.6 Å². The van der Waals surface area contributed by atoms with Crippen LogP contribution in [0.3, 0.4) is 0 Å². The highest BCUT2D eigenvalue weighted by Gasteiger charge is 2.21. The second kappa shape index (κ2) is 8.99. The highest BCUT2D eigenvalue weighted by atomic mass is 35.5. The van der Waals surface area contributed by atoms with Gasteiger partial charge in [0.15, 0.2) is 0 Å². The molecule has 1 atom stereocenters. The van der Waals surface area contributed by atoms with Gasteiger partial charge in [0.1, 0.15) is 11.9 Å². The summed E-state index contributed by atoms with van der Waals surface area (Å²) < 4.78 is 5.71. The van der Waals surface area contributed by atoms with E-state index in [0.29, 0.717) is 23.2 Å². The number of hydrogen-bond donors (Lipinski definition) is 3. The topological polar surface area (TPSA) is 70.6 Å². The van der Waals surface area contributed by atoms with Crippen LogP contribution in [0, 0.1) is 5.92 Å². The average Bonchev–Trinajstić information content (AvgIpc) is 2.54. The van der Waals surface area contributed by atoms with Gasteiger partial charge in [0, 0.05) is 17.7 Å². The van der Waals surface area contributed by atoms with Crippen LogP contribution in [0.4, 0.5) is 4.79 Å². The molecule has 1 aromatic carbocycles. The molecule has 0 saturated heterocycles. The Balaban J connectivity index is 1.66. The fourth-order valence-electron chi connectivity index (χ4n) is 2.78. The van der Waals surface area contributed by atoms with Crippen LogP contribution in [0.15, 0.2) is 24.3 Å². The van der Waals surface area contributed by atoms with Crippen molar-refractivity contribution in [1.29, 1.82) is 0 Å². The zero-order chi connectivity index (χ0) is 16.7. The van der Waals surface area contributed by atoms with Crippen molar-refractivity contribution in [2.45, 2.75) is 44.8 Å². The fourth-order valence-corrected chi connectivity index (χ4v) is 2.96. The lowest BCUT2D eigenvalue weighted by atomic mass is 9.87. The summed E-state index contributed by atoms with van der Waals surface area (Å²) in [6.45, 7) is 2.56. The number of carbonyl (C=O) groups excluding carboxylic acids is 1. The first-order valence-corrected chi connectivity index (χ1v) is 8.52. The molecule has 1 aromatic rings. The number of rotatable bonds is 6. The molecule has 2 amide bonds. The van der Waals surface area contributed by atoms with Gasteiger partial charge in [-0.1, -0.05) is 17.7 Å². The minimum absolute atomic E-state index is 0.149. The van der Waals surface area contributed by atoms with E-state index < -0.39 is 0 Å². The fraction of sp³-hybridized carbons (Fsp3) is 0.588. The van der Waals surface area contributed by atoms with Crippen LogP contribution < -0.4 is 15.4 Å². The number of amides is 2. The van der Waals surface area contributed by atoms with Gasteiger partial charge < -0.3 is 20.5 Å². The number of benzene rings is 1. The molecule has 5 nitrogen and oxygen atoms in total. The van der Waals surface area contributed by atoms with Gasteiger partial charge >= 0.3 is 6.03 Å². The molecule has 2 rings (SSSR count). The number of aliphatic hydroxyl groups excluding tert-OH is 1. The smallest absolute Gasteiger partial charge is 0.315 e. The first-order chi connectivity index (χ1) is 11.1. The van der Waals surface area contributed by atoms with Crippen molar-refractivity contribution >= 4 is 17.6 Å². The normalized spacial score (nSPS) is 22.2. The van der Waals surface area contributed by atoms with Crippen molar-refractivity contribution < 1.29 is 14.6 Å². The van der Waals surface area contributed by atoms with Crippen molar-refractivity contribution in [1.82, 2.24) is 10.6 Å². The van der Waals surface area contributed by atoms with Crippen LogP contribution in [-0.4, -0.2) is 36.4 Å². The van der Waals surface area contributed by atoms with Gasteiger partial charge in [0.25, 0.3) is 0 Å². The number of carbonyl (C=O) groups is 1. The highest BCUT2D eigenvalue weighted by molar-refractivity contribution is 6.30. The summed E-state index contributed by atoms with van der Waals surface area (Å²) in [5.41, 5.74) is 0. The number of ether oxygens (including phenoxy) is 1. The molecular formula is C17H25ClN2O3. The number of halogens is 1. The van der Waals surface area contributed by atoms with Gasteiger partial charge in [0.2, 0.25) is 0 Å². The largest absolute Gasteiger partial charge is 0.489 e. The standard InChI is InChI=1S/C17H25ClN2O3/c1-12(23-16-4-2-3-14(18)9-16)10-19-17(22)20-15-7-5-13(11-21)6-8-15/h2-4,9,12-13,15,21H,5-8,10-11H2,1H3,(H2,19,20,22). The SMILES string of the molecule is CC(CNC(=O)NC1CCC(CO)CC1)Oc1cccc(Cl)c1. The second-order valence-electron chi connectivity index (χ2n) is 6.14. The molecular weight excluding hydrogens is 316 g/mol. The molecule has 0 heterocycles. The molecule has 1 saturated carbocycles. The van der Waals surface area contributed by atoms with E-state index in [1.165, 1.54) is 0 Å². The van der Waals surface area contributed by atoms with Crippen LogP contribution >= 0.6 is 11.6 Å². The van der Waals surface area contributed by atoms with E-state index in [0.717, 1.165) is 25.7 Å². The van der Waals surface area contributed by atoms with Crippen molar-refractivity contribution in [3.8, 4) is 5.75 Å². The maximum Gasteiger partial charge on any atom is 0.315 e. The molecule has 1 aliphatic carbocycles. The lowest BCUT2D eigenvalue weighted by molar-refractivity contribution is 0.173. The van der Waals surface area contributed by atoms with Crippen molar-refractivity contribution in [3.63, 3.8) is 0 Å². The van der Waals surface area contributed by atoms with Crippen molar-refractivity contribution in [2.24, 2.45) is 5.92 Å². The summed E-state index contributed by atoms with van der Waals surface area (Å²) >= 11 is 5.91. The molecule has 0 radical (unpaired) electrons. The maximum absolute atomic E-state index is 11.9. The molecule has 1 fully saturated rings. The summed E-state index contributed by atoms with van der Waals surface area (Å²) in [5.74, 6) is 1.08. The summed E-state index contributed by atoms with van der Waals surface area (Å²) in [6.07, 6.45) is 3.63. The first-order valence-electron chi connectivity index (χ1n) is 8.14. The minimum atomic E-state index is -0.168. The van der Waals surface area contributed by atoms with Gasteiger partial charge in [-0.3, -0.25) is 0 Å². The van der Waals surface area contributed by atoms with Crippen LogP contribution in [0.5, 0.6) is 5.75 Å². The first kappa shape index (κ1) is 17.9. The van der Waals surface area contributed by atoms with Crippen LogP contribution in [-0.2, 0) is 0 Å². The third-order valence-corrected chi connectivity index (χ3v) is 4.36. The van der Waals surface area contributed by atoms with Gasteiger partial charge in [-0.2, -0.15) is 0 Å². The summed E-state index contributed by atoms with van der Waals surface area (Å²) in [6, 6.07) is 7.23. The van der Waals surface area contributed by atoms with E-state index in [4.69, 9.17) is 21.4 Å². The summed E-state index contributed by atoms with van der Waals surface area (Å²) in [7, 11) is 0. The van der Waals surface area contributed by atoms with Gasteiger partial charge in [-0.25, -0.2) is 4.79 Å². The Labute approximate surface area is 142 Å². The van der Waals surface area contributed by atoms with E-state index >= 15 is 0 Å². The molecule has 6 heteroatoms.